The molecule has 1 aliphatic rings. The first-order chi connectivity index (χ1) is 8.15. The fraction of sp³-hybridized carbons (Fsp3) is 0.818. The van der Waals surface area contributed by atoms with Crippen molar-refractivity contribution in [2.45, 2.75) is 25.6 Å². The molecule has 2 unspecified atom stereocenters. The zero-order valence-corrected chi connectivity index (χ0v) is 10.1. The Labute approximate surface area is 101 Å². The number of hydrogen-bond acceptors (Lipinski definition) is 5. The van der Waals surface area contributed by atoms with Crippen LogP contribution in [0.2, 0.25) is 0 Å². The molecule has 1 aliphatic heterocycles. The number of morpholine rings is 1. The highest BCUT2D eigenvalue weighted by atomic mass is 16.5. The first kappa shape index (κ1) is 13.9. The van der Waals surface area contributed by atoms with Crippen molar-refractivity contribution in [2.24, 2.45) is 0 Å². The Bertz CT molecular complexity index is 290. The highest BCUT2D eigenvalue weighted by Crippen LogP contribution is 2.10. The maximum Gasteiger partial charge on any atom is 0.234 e. The number of nitrogens with one attached hydrogen (secondary N) is 1. The summed E-state index contributed by atoms with van der Waals surface area (Å²) in [5.74, 6) is -0.0916. The van der Waals surface area contributed by atoms with Crippen LogP contribution in [0.25, 0.3) is 0 Å². The van der Waals surface area contributed by atoms with Crippen LogP contribution in [0.15, 0.2) is 0 Å². The second-order valence-corrected chi connectivity index (χ2v) is 4.20. The van der Waals surface area contributed by atoms with Crippen LogP contribution >= 0.6 is 0 Å². The van der Waals surface area contributed by atoms with Crippen molar-refractivity contribution in [3.05, 3.63) is 0 Å². The molecule has 0 spiro atoms. The number of nitriles is 1. The number of aliphatic hydroxyl groups excluding tert-OH is 1. The van der Waals surface area contributed by atoms with Gasteiger partial charge in [-0.25, -0.2) is 0 Å². The van der Waals surface area contributed by atoms with Crippen LogP contribution in [0.3, 0.4) is 0 Å². The standard InChI is InChI=1S/C11H19N3O3/c1-9-5-14(6-10(8-15)17-9)7-11(16)13-4-2-3-12/h9-10,15H,2,4-8H2,1H3,(H,13,16). The van der Waals surface area contributed by atoms with E-state index in [1.807, 2.05) is 17.9 Å². The van der Waals surface area contributed by atoms with Gasteiger partial charge in [-0.1, -0.05) is 0 Å². The van der Waals surface area contributed by atoms with Gasteiger partial charge < -0.3 is 15.2 Å². The first-order valence-electron chi connectivity index (χ1n) is 5.78. The quantitative estimate of drug-likeness (QED) is 0.609. The molecule has 0 aromatic rings. The molecule has 2 atom stereocenters. The third-order valence-corrected chi connectivity index (χ3v) is 2.53. The van der Waals surface area contributed by atoms with E-state index in [-0.39, 0.29) is 31.3 Å². The lowest BCUT2D eigenvalue weighted by Gasteiger charge is -2.35. The maximum absolute atomic E-state index is 11.5. The Morgan fingerprint density at radius 3 is 3.06 bits per heavy atom. The summed E-state index contributed by atoms with van der Waals surface area (Å²) in [5.41, 5.74) is 0. The van der Waals surface area contributed by atoms with E-state index in [9.17, 15) is 4.79 Å². The Morgan fingerprint density at radius 1 is 1.65 bits per heavy atom. The predicted octanol–water partition coefficient (Wildman–Crippen LogP) is -0.902. The number of carbonyl (C=O) groups excluding carboxylic acids is 1. The number of rotatable bonds is 5. The Kier molecular flexibility index (Phi) is 5.91. The number of nitrogens with zero attached hydrogens (tertiary/aromatic N) is 2. The van der Waals surface area contributed by atoms with E-state index in [2.05, 4.69) is 5.32 Å². The van der Waals surface area contributed by atoms with Crippen LogP contribution in [0.4, 0.5) is 0 Å². The summed E-state index contributed by atoms with van der Waals surface area (Å²) in [6.45, 7) is 3.81. The molecule has 2 N–H and O–H groups in total. The van der Waals surface area contributed by atoms with Crippen LogP contribution in [0.5, 0.6) is 0 Å². The monoisotopic (exact) mass is 241 g/mol. The molecule has 1 amide bonds. The molecule has 1 rings (SSSR count). The summed E-state index contributed by atoms with van der Waals surface area (Å²) in [7, 11) is 0. The van der Waals surface area contributed by atoms with Gasteiger partial charge >= 0.3 is 0 Å². The lowest BCUT2D eigenvalue weighted by Crippen LogP contribution is -2.51. The van der Waals surface area contributed by atoms with Gasteiger partial charge in [-0.05, 0) is 6.92 Å². The molecule has 6 nitrogen and oxygen atoms in total. The molecule has 0 radical (unpaired) electrons. The fourth-order valence-corrected chi connectivity index (χ4v) is 1.89. The molecule has 0 aliphatic carbocycles. The zero-order valence-electron chi connectivity index (χ0n) is 10.1. The van der Waals surface area contributed by atoms with Crippen molar-refractivity contribution in [3.8, 4) is 6.07 Å². The number of aliphatic hydroxyl groups is 1. The van der Waals surface area contributed by atoms with Gasteiger partial charge in [0.2, 0.25) is 5.91 Å². The minimum atomic E-state index is -0.217. The van der Waals surface area contributed by atoms with Gasteiger partial charge in [0.15, 0.2) is 0 Å². The van der Waals surface area contributed by atoms with Crippen LogP contribution in [0, 0.1) is 11.3 Å². The predicted molar refractivity (Wildman–Crippen MR) is 61.1 cm³/mol. The second kappa shape index (κ2) is 7.22. The molecule has 0 saturated carbocycles. The average molecular weight is 241 g/mol. The summed E-state index contributed by atoms with van der Waals surface area (Å²) < 4.78 is 5.48. The minimum absolute atomic E-state index is 0.0211. The van der Waals surface area contributed by atoms with Gasteiger partial charge in [-0.2, -0.15) is 5.26 Å². The summed E-state index contributed by atoms with van der Waals surface area (Å²) in [6.07, 6.45) is 0.128. The second-order valence-electron chi connectivity index (χ2n) is 4.20. The van der Waals surface area contributed by atoms with Crippen molar-refractivity contribution >= 4 is 5.91 Å². The smallest absolute Gasteiger partial charge is 0.234 e. The van der Waals surface area contributed by atoms with E-state index in [0.717, 1.165) is 0 Å². The van der Waals surface area contributed by atoms with E-state index in [1.54, 1.807) is 0 Å². The largest absolute Gasteiger partial charge is 0.394 e. The topological polar surface area (TPSA) is 85.6 Å². The van der Waals surface area contributed by atoms with Crippen molar-refractivity contribution < 1.29 is 14.6 Å². The molecule has 0 bridgehead atoms. The lowest BCUT2D eigenvalue weighted by atomic mass is 10.2. The van der Waals surface area contributed by atoms with Gasteiger partial charge in [-0.3, -0.25) is 9.69 Å². The molecule has 1 heterocycles. The van der Waals surface area contributed by atoms with E-state index < -0.39 is 0 Å². The Hall–Kier alpha value is -1.16. The normalized spacial score (nSPS) is 25.2. The molecule has 6 heteroatoms. The number of ether oxygens (including phenoxy) is 1. The molecule has 17 heavy (non-hydrogen) atoms. The lowest BCUT2D eigenvalue weighted by molar-refractivity contribution is -0.128. The van der Waals surface area contributed by atoms with Crippen LogP contribution in [-0.4, -0.2) is 60.9 Å². The van der Waals surface area contributed by atoms with Gasteiger partial charge in [-0.15, -0.1) is 0 Å². The van der Waals surface area contributed by atoms with Crippen molar-refractivity contribution in [2.75, 3.05) is 32.8 Å². The third-order valence-electron chi connectivity index (χ3n) is 2.53. The average Bonchev–Trinajstić information content (AvgIpc) is 2.28. The molecule has 1 fully saturated rings. The van der Waals surface area contributed by atoms with Crippen LogP contribution in [0.1, 0.15) is 13.3 Å². The summed E-state index contributed by atoms with van der Waals surface area (Å²) >= 11 is 0. The zero-order chi connectivity index (χ0) is 12.7. The molecular formula is C11H19N3O3. The van der Waals surface area contributed by atoms with Gasteiger partial charge in [0.05, 0.1) is 37.8 Å². The number of carbonyl (C=O) groups is 1. The summed E-state index contributed by atoms with van der Waals surface area (Å²) in [4.78, 5) is 13.5. The minimum Gasteiger partial charge on any atom is -0.394 e. The van der Waals surface area contributed by atoms with Gasteiger partial charge in [0.1, 0.15) is 0 Å². The molecule has 0 aromatic carbocycles. The van der Waals surface area contributed by atoms with Crippen molar-refractivity contribution in [1.29, 1.82) is 5.26 Å². The summed E-state index contributed by atoms with van der Waals surface area (Å²) in [5, 5.41) is 20.1. The third kappa shape index (κ3) is 5.13. The highest BCUT2D eigenvalue weighted by Gasteiger charge is 2.25. The SMILES string of the molecule is CC1CN(CC(=O)NCCC#N)CC(CO)O1. The number of hydrogen-bond donors (Lipinski definition) is 2. The van der Waals surface area contributed by atoms with E-state index in [0.29, 0.717) is 26.1 Å². The molecule has 96 valence electrons. The van der Waals surface area contributed by atoms with Crippen LogP contribution < -0.4 is 5.32 Å². The molecule has 0 aromatic heterocycles. The fourth-order valence-electron chi connectivity index (χ4n) is 1.89. The van der Waals surface area contributed by atoms with Crippen molar-refractivity contribution in [1.82, 2.24) is 10.2 Å². The van der Waals surface area contributed by atoms with Gasteiger partial charge in [0.25, 0.3) is 0 Å². The molecular weight excluding hydrogens is 222 g/mol. The molecule has 1 saturated heterocycles. The maximum atomic E-state index is 11.5. The summed E-state index contributed by atoms with van der Waals surface area (Å²) in [6, 6.07) is 1.97. The Morgan fingerprint density at radius 2 is 2.41 bits per heavy atom. The Balaban J connectivity index is 2.30. The van der Waals surface area contributed by atoms with E-state index in [1.165, 1.54) is 0 Å². The van der Waals surface area contributed by atoms with Crippen molar-refractivity contribution in [3.63, 3.8) is 0 Å². The van der Waals surface area contributed by atoms with Gasteiger partial charge in [0, 0.05) is 19.6 Å². The van der Waals surface area contributed by atoms with E-state index >= 15 is 0 Å². The van der Waals surface area contributed by atoms with Crippen LogP contribution in [-0.2, 0) is 9.53 Å². The number of amides is 1. The highest BCUT2D eigenvalue weighted by molar-refractivity contribution is 5.78. The van der Waals surface area contributed by atoms with E-state index in [4.69, 9.17) is 15.1 Å². The first-order valence-corrected chi connectivity index (χ1v) is 5.78.